The first-order chi connectivity index (χ1) is 7.10. The number of isocyanates is 1. The SMILES string of the molecule is CC(C)(CO)c1cccc(CN=C=O)c1. The molecule has 1 aromatic rings. The zero-order chi connectivity index (χ0) is 11.3. The van der Waals surface area contributed by atoms with Gasteiger partial charge in [0, 0.05) is 5.41 Å². The highest BCUT2D eigenvalue weighted by Gasteiger charge is 2.19. The van der Waals surface area contributed by atoms with Crippen LogP contribution in [0.25, 0.3) is 0 Å². The summed E-state index contributed by atoms with van der Waals surface area (Å²) >= 11 is 0. The van der Waals surface area contributed by atoms with Crippen molar-refractivity contribution in [3.63, 3.8) is 0 Å². The van der Waals surface area contributed by atoms with E-state index >= 15 is 0 Å². The first kappa shape index (κ1) is 11.6. The maximum atomic E-state index is 9.98. The van der Waals surface area contributed by atoms with E-state index < -0.39 is 0 Å². The van der Waals surface area contributed by atoms with Crippen molar-refractivity contribution >= 4 is 6.08 Å². The van der Waals surface area contributed by atoms with E-state index in [1.54, 1.807) is 0 Å². The van der Waals surface area contributed by atoms with Gasteiger partial charge in [0.2, 0.25) is 6.08 Å². The van der Waals surface area contributed by atoms with Crippen molar-refractivity contribution in [2.75, 3.05) is 6.61 Å². The summed E-state index contributed by atoms with van der Waals surface area (Å²) in [6.07, 6.45) is 1.51. The molecule has 1 aromatic carbocycles. The van der Waals surface area contributed by atoms with Crippen LogP contribution in [0.3, 0.4) is 0 Å². The predicted molar refractivity (Wildman–Crippen MR) is 58.4 cm³/mol. The van der Waals surface area contributed by atoms with Gasteiger partial charge < -0.3 is 5.11 Å². The summed E-state index contributed by atoms with van der Waals surface area (Å²) in [6, 6.07) is 7.72. The standard InChI is InChI=1S/C12H15NO2/c1-12(2,8-14)11-5-3-4-10(6-11)7-13-9-15/h3-6,14H,7-8H2,1-2H3. The Kier molecular flexibility index (Phi) is 3.78. The molecular weight excluding hydrogens is 190 g/mol. The lowest BCUT2D eigenvalue weighted by atomic mass is 9.85. The van der Waals surface area contributed by atoms with E-state index in [9.17, 15) is 9.90 Å². The molecule has 0 atom stereocenters. The molecule has 0 aliphatic carbocycles. The molecule has 80 valence electrons. The predicted octanol–water partition coefficient (Wildman–Crippen LogP) is 1.79. The summed E-state index contributed by atoms with van der Waals surface area (Å²) in [5.74, 6) is 0. The van der Waals surface area contributed by atoms with Gasteiger partial charge in [0.1, 0.15) is 0 Å². The van der Waals surface area contributed by atoms with Crippen LogP contribution in [0.4, 0.5) is 0 Å². The Hall–Kier alpha value is -1.44. The number of benzene rings is 1. The number of aliphatic hydroxyl groups excluding tert-OH is 1. The van der Waals surface area contributed by atoms with Crippen molar-refractivity contribution in [3.8, 4) is 0 Å². The Morgan fingerprint density at radius 3 is 2.80 bits per heavy atom. The lowest BCUT2D eigenvalue weighted by molar-refractivity contribution is 0.218. The van der Waals surface area contributed by atoms with Crippen LogP contribution >= 0.6 is 0 Å². The maximum absolute atomic E-state index is 9.98. The number of carbonyl (C=O) groups excluding carboxylic acids is 1. The molecule has 0 saturated carbocycles. The summed E-state index contributed by atoms with van der Waals surface area (Å²) in [6.45, 7) is 4.37. The molecule has 0 bridgehead atoms. The van der Waals surface area contributed by atoms with Crippen LogP contribution in [0.5, 0.6) is 0 Å². The average molecular weight is 205 g/mol. The van der Waals surface area contributed by atoms with E-state index in [1.807, 2.05) is 38.1 Å². The quantitative estimate of drug-likeness (QED) is 0.601. The number of nitrogens with zero attached hydrogens (tertiary/aromatic N) is 1. The maximum Gasteiger partial charge on any atom is 0.235 e. The summed E-state index contributed by atoms with van der Waals surface area (Å²) in [4.78, 5) is 13.5. The van der Waals surface area contributed by atoms with Crippen molar-refractivity contribution in [2.45, 2.75) is 25.8 Å². The van der Waals surface area contributed by atoms with Gasteiger partial charge >= 0.3 is 0 Å². The lowest BCUT2D eigenvalue weighted by Crippen LogP contribution is -2.22. The average Bonchev–Trinajstić information content (AvgIpc) is 2.27. The molecule has 0 unspecified atom stereocenters. The Labute approximate surface area is 89.5 Å². The number of rotatable bonds is 4. The van der Waals surface area contributed by atoms with E-state index in [1.165, 1.54) is 6.08 Å². The molecule has 0 fully saturated rings. The lowest BCUT2D eigenvalue weighted by Gasteiger charge is -2.22. The van der Waals surface area contributed by atoms with Gasteiger partial charge in [0.05, 0.1) is 13.2 Å². The Balaban J connectivity index is 2.96. The van der Waals surface area contributed by atoms with Gasteiger partial charge in [0.25, 0.3) is 0 Å². The minimum Gasteiger partial charge on any atom is -0.395 e. The van der Waals surface area contributed by atoms with E-state index in [2.05, 4.69) is 4.99 Å². The van der Waals surface area contributed by atoms with Gasteiger partial charge in [-0.1, -0.05) is 38.1 Å². The Morgan fingerprint density at radius 1 is 1.47 bits per heavy atom. The molecule has 0 radical (unpaired) electrons. The van der Waals surface area contributed by atoms with Gasteiger partial charge in [-0.15, -0.1) is 0 Å². The molecular formula is C12H15NO2. The highest BCUT2D eigenvalue weighted by Crippen LogP contribution is 2.23. The summed E-state index contributed by atoms with van der Waals surface area (Å²) in [5.41, 5.74) is 1.74. The number of hydrogen-bond acceptors (Lipinski definition) is 3. The highest BCUT2D eigenvalue weighted by atomic mass is 16.3. The fourth-order valence-electron chi connectivity index (χ4n) is 1.31. The van der Waals surface area contributed by atoms with Gasteiger partial charge in [0.15, 0.2) is 0 Å². The smallest absolute Gasteiger partial charge is 0.235 e. The van der Waals surface area contributed by atoms with Crippen molar-refractivity contribution in [1.29, 1.82) is 0 Å². The van der Waals surface area contributed by atoms with Crippen LogP contribution in [-0.2, 0) is 16.8 Å². The second kappa shape index (κ2) is 4.87. The largest absolute Gasteiger partial charge is 0.395 e. The van der Waals surface area contributed by atoms with Crippen LogP contribution in [0.15, 0.2) is 29.3 Å². The third kappa shape index (κ3) is 3.01. The Bertz CT molecular complexity index is 379. The van der Waals surface area contributed by atoms with E-state index in [0.29, 0.717) is 6.54 Å². The molecule has 1 rings (SSSR count). The van der Waals surface area contributed by atoms with E-state index in [0.717, 1.165) is 11.1 Å². The van der Waals surface area contributed by atoms with Crippen LogP contribution in [-0.4, -0.2) is 17.8 Å². The van der Waals surface area contributed by atoms with E-state index in [-0.39, 0.29) is 12.0 Å². The zero-order valence-electron chi connectivity index (χ0n) is 9.03. The Morgan fingerprint density at radius 2 is 2.20 bits per heavy atom. The first-order valence-corrected chi connectivity index (χ1v) is 4.84. The molecule has 0 aliphatic rings. The normalized spacial score (nSPS) is 10.9. The second-order valence-corrected chi connectivity index (χ2v) is 4.15. The minimum absolute atomic E-state index is 0.0907. The summed E-state index contributed by atoms with van der Waals surface area (Å²) < 4.78 is 0. The molecule has 3 heteroatoms. The van der Waals surface area contributed by atoms with Gasteiger partial charge in [-0.3, -0.25) is 0 Å². The fraction of sp³-hybridized carbons (Fsp3) is 0.417. The number of hydrogen-bond donors (Lipinski definition) is 1. The number of aliphatic imine (C=N–C) groups is 1. The van der Waals surface area contributed by atoms with Crippen molar-refractivity contribution in [3.05, 3.63) is 35.4 Å². The van der Waals surface area contributed by atoms with Gasteiger partial charge in [-0.2, -0.15) is 0 Å². The molecule has 15 heavy (non-hydrogen) atoms. The van der Waals surface area contributed by atoms with Crippen LogP contribution in [0.1, 0.15) is 25.0 Å². The molecule has 3 nitrogen and oxygen atoms in total. The van der Waals surface area contributed by atoms with Crippen molar-refractivity contribution in [2.24, 2.45) is 4.99 Å². The second-order valence-electron chi connectivity index (χ2n) is 4.15. The first-order valence-electron chi connectivity index (χ1n) is 4.84. The summed E-state index contributed by atoms with van der Waals surface area (Å²) in [7, 11) is 0. The monoisotopic (exact) mass is 205 g/mol. The zero-order valence-corrected chi connectivity index (χ0v) is 9.03. The van der Waals surface area contributed by atoms with Gasteiger partial charge in [-0.05, 0) is 11.1 Å². The minimum atomic E-state index is -0.263. The molecule has 0 amide bonds. The topological polar surface area (TPSA) is 49.7 Å². The number of aliphatic hydroxyl groups is 1. The molecule has 1 N–H and O–H groups in total. The summed E-state index contributed by atoms with van der Waals surface area (Å²) in [5, 5.41) is 9.23. The molecule has 0 spiro atoms. The molecule has 0 aromatic heterocycles. The van der Waals surface area contributed by atoms with E-state index in [4.69, 9.17) is 0 Å². The fourth-order valence-corrected chi connectivity index (χ4v) is 1.31. The van der Waals surface area contributed by atoms with Crippen LogP contribution in [0.2, 0.25) is 0 Å². The molecule has 0 aliphatic heterocycles. The molecule has 0 heterocycles. The third-order valence-electron chi connectivity index (χ3n) is 2.43. The highest BCUT2D eigenvalue weighted by molar-refractivity contribution is 5.35. The van der Waals surface area contributed by atoms with Crippen LogP contribution < -0.4 is 0 Å². The molecule has 0 saturated heterocycles. The van der Waals surface area contributed by atoms with Crippen LogP contribution in [0, 0.1) is 0 Å². The van der Waals surface area contributed by atoms with Gasteiger partial charge in [-0.25, -0.2) is 9.79 Å². The van der Waals surface area contributed by atoms with Crippen molar-refractivity contribution < 1.29 is 9.90 Å². The van der Waals surface area contributed by atoms with Crippen molar-refractivity contribution in [1.82, 2.24) is 0 Å². The third-order valence-corrected chi connectivity index (χ3v) is 2.43.